The van der Waals surface area contributed by atoms with E-state index in [9.17, 15) is 19.7 Å². The van der Waals surface area contributed by atoms with Gasteiger partial charge in [0.05, 0.1) is 27.3 Å². The molecular formula is C15H10ClN3O5S2. The number of hydrogen-bond acceptors (Lipinski definition) is 7. The van der Waals surface area contributed by atoms with Crippen LogP contribution in [0.4, 0.5) is 5.00 Å². The van der Waals surface area contributed by atoms with Crippen LogP contribution in [0.5, 0.6) is 0 Å². The van der Waals surface area contributed by atoms with Crippen LogP contribution in [0.15, 0.2) is 35.3 Å². The predicted octanol–water partition coefficient (Wildman–Crippen LogP) is 3.24. The monoisotopic (exact) mass is 411 g/mol. The normalized spacial score (nSPS) is 11.7. The molecule has 1 aromatic carbocycles. The highest BCUT2D eigenvalue weighted by atomic mass is 35.5. The van der Waals surface area contributed by atoms with E-state index in [0.29, 0.717) is 10.5 Å². The summed E-state index contributed by atoms with van der Waals surface area (Å²) in [6.07, 6.45) is 0. The number of ether oxygens (including phenoxy) is 1. The number of hydrogen-bond donors (Lipinski definition) is 0. The van der Waals surface area contributed by atoms with Crippen LogP contribution in [0, 0.1) is 10.1 Å². The van der Waals surface area contributed by atoms with Crippen molar-refractivity contribution >= 4 is 61.4 Å². The lowest BCUT2D eigenvalue weighted by molar-refractivity contribution is -0.380. The Hall–Kier alpha value is -2.56. The number of thiazole rings is 1. The maximum atomic E-state index is 12.4. The van der Waals surface area contributed by atoms with Gasteiger partial charge in [-0.1, -0.05) is 40.3 Å². The molecule has 0 atom stereocenters. The molecule has 11 heteroatoms. The van der Waals surface area contributed by atoms with Gasteiger partial charge in [0, 0.05) is 6.07 Å². The highest BCUT2D eigenvalue weighted by molar-refractivity contribution is 7.17. The SMILES string of the molecule is COC(=O)Cn1c(=NC(=O)c2ccc([N+](=O)[O-])s2)sc2cccc(Cl)c21. The number of nitrogens with zero attached hydrogens (tertiary/aromatic N) is 3. The number of carbonyl (C=O) groups is 2. The average Bonchev–Trinajstić information content (AvgIpc) is 3.21. The van der Waals surface area contributed by atoms with E-state index in [-0.39, 0.29) is 21.2 Å². The fourth-order valence-corrected chi connectivity index (χ4v) is 4.29. The van der Waals surface area contributed by atoms with Crippen LogP contribution in [0.2, 0.25) is 5.02 Å². The van der Waals surface area contributed by atoms with Gasteiger partial charge in [-0.05, 0) is 18.2 Å². The van der Waals surface area contributed by atoms with Crippen LogP contribution in [-0.4, -0.2) is 28.5 Å². The van der Waals surface area contributed by atoms with Crippen LogP contribution in [0.25, 0.3) is 10.2 Å². The molecule has 0 fully saturated rings. The molecule has 0 spiro atoms. The second-order valence-electron chi connectivity index (χ2n) is 4.95. The standard InChI is InChI=1S/C15H10ClN3O5S2/c1-24-12(20)7-18-13-8(16)3-2-4-9(13)26-15(18)17-14(21)10-5-6-11(25-10)19(22)23/h2-6H,7H2,1H3. The number of thiophene rings is 1. The van der Waals surface area contributed by atoms with E-state index in [1.807, 2.05) is 0 Å². The maximum Gasteiger partial charge on any atom is 0.325 e. The van der Waals surface area contributed by atoms with Crippen LogP contribution in [0.3, 0.4) is 0 Å². The van der Waals surface area contributed by atoms with Gasteiger partial charge in [0.1, 0.15) is 11.4 Å². The van der Waals surface area contributed by atoms with Gasteiger partial charge in [-0.25, -0.2) is 0 Å². The topological polar surface area (TPSA) is 104 Å². The van der Waals surface area contributed by atoms with Crippen LogP contribution < -0.4 is 4.80 Å². The van der Waals surface area contributed by atoms with E-state index in [1.54, 1.807) is 18.2 Å². The van der Waals surface area contributed by atoms with Crippen molar-refractivity contribution in [1.29, 1.82) is 0 Å². The molecule has 0 unspecified atom stereocenters. The molecular weight excluding hydrogens is 402 g/mol. The second kappa shape index (κ2) is 7.36. The number of halogens is 1. The third-order valence-corrected chi connectivity index (χ3v) is 5.72. The number of methoxy groups -OCH3 is 1. The summed E-state index contributed by atoms with van der Waals surface area (Å²) in [6.45, 7) is -0.170. The van der Waals surface area contributed by atoms with Crippen LogP contribution >= 0.6 is 34.3 Å². The largest absolute Gasteiger partial charge is 0.468 e. The van der Waals surface area contributed by atoms with E-state index in [2.05, 4.69) is 9.73 Å². The van der Waals surface area contributed by atoms with Crippen molar-refractivity contribution in [2.75, 3.05) is 7.11 Å². The van der Waals surface area contributed by atoms with Gasteiger partial charge in [0.25, 0.3) is 5.91 Å². The number of nitro groups is 1. The van der Waals surface area contributed by atoms with E-state index in [0.717, 1.165) is 16.0 Å². The number of aromatic nitrogens is 1. The summed E-state index contributed by atoms with van der Waals surface area (Å²) in [7, 11) is 1.26. The molecule has 3 rings (SSSR count). The van der Waals surface area contributed by atoms with Gasteiger partial charge in [0.2, 0.25) is 0 Å². The van der Waals surface area contributed by atoms with E-state index >= 15 is 0 Å². The molecule has 0 aliphatic carbocycles. The smallest absolute Gasteiger partial charge is 0.325 e. The Balaban J connectivity index is 2.13. The lowest BCUT2D eigenvalue weighted by atomic mass is 10.3. The molecule has 0 saturated carbocycles. The number of benzene rings is 1. The van der Waals surface area contributed by atoms with Crippen molar-refractivity contribution in [3.63, 3.8) is 0 Å². The van der Waals surface area contributed by atoms with Crippen molar-refractivity contribution in [1.82, 2.24) is 4.57 Å². The fraction of sp³-hybridized carbons (Fsp3) is 0.133. The van der Waals surface area contributed by atoms with E-state index in [4.69, 9.17) is 11.6 Å². The number of para-hydroxylation sites is 1. The third kappa shape index (κ3) is 3.52. The first-order valence-electron chi connectivity index (χ1n) is 7.08. The Kier molecular flexibility index (Phi) is 5.16. The summed E-state index contributed by atoms with van der Waals surface area (Å²) in [5, 5.41) is 11.0. The Labute approximate surface area is 159 Å². The molecule has 0 radical (unpaired) electrons. The molecule has 134 valence electrons. The lowest BCUT2D eigenvalue weighted by Crippen LogP contribution is -2.22. The number of rotatable bonds is 4. The molecule has 3 aromatic rings. The van der Waals surface area contributed by atoms with Crippen molar-refractivity contribution < 1.29 is 19.2 Å². The van der Waals surface area contributed by atoms with Crippen LogP contribution in [-0.2, 0) is 16.1 Å². The van der Waals surface area contributed by atoms with Crippen molar-refractivity contribution in [3.05, 3.63) is 55.1 Å². The van der Waals surface area contributed by atoms with Gasteiger partial charge in [0.15, 0.2) is 4.80 Å². The highest BCUT2D eigenvalue weighted by Crippen LogP contribution is 2.26. The summed E-state index contributed by atoms with van der Waals surface area (Å²) in [5.41, 5.74) is 0.563. The van der Waals surface area contributed by atoms with E-state index in [1.165, 1.54) is 35.1 Å². The summed E-state index contributed by atoms with van der Waals surface area (Å²) >= 11 is 8.15. The first-order chi connectivity index (χ1) is 12.4. The second-order valence-corrected chi connectivity index (χ2v) is 7.42. The first-order valence-corrected chi connectivity index (χ1v) is 9.09. The summed E-state index contributed by atoms with van der Waals surface area (Å²) in [6, 6.07) is 7.80. The number of esters is 1. The average molecular weight is 412 g/mol. The fourth-order valence-electron chi connectivity index (χ4n) is 2.20. The molecule has 0 saturated heterocycles. The number of carbonyl (C=O) groups excluding carboxylic acids is 2. The quantitative estimate of drug-likeness (QED) is 0.372. The Morgan fingerprint density at radius 3 is 2.73 bits per heavy atom. The minimum Gasteiger partial charge on any atom is -0.468 e. The molecule has 2 heterocycles. The minimum atomic E-state index is -0.635. The Morgan fingerprint density at radius 1 is 1.31 bits per heavy atom. The maximum absolute atomic E-state index is 12.4. The van der Waals surface area contributed by atoms with Crippen molar-refractivity contribution in [3.8, 4) is 0 Å². The van der Waals surface area contributed by atoms with E-state index < -0.39 is 16.8 Å². The molecule has 8 nitrogen and oxygen atoms in total. The Morgan fingerprint density at radius 2 is 2.08 bits per heavy atom. The highest BCUT2D eigenvalue weighted by Gasteiger charge is 2.17. The van der Waals surface area contributed by atoms with Crippen molar-refractivity contribution in [2.45, 2.75) is 6.54 Å². The molecule has 0 bridgehead atoms. The molecule has 1 amide bonds. The zero-order chi connectivity index (χ0) is 18.8. The molecule has 26 heavy (non-hydrogen) atoms. The predicted molar refractivity (Wildman–Crippen MR) is 97.7 cm³/mol. The summed E-state index contributed by atoms with van der Waals surface area (Å²) < 4.78 is 6.92. The van der Waals surface area contributed by atoms with Crippen LogP contribution in [0.1, 0.15) is 9.67 Å². The zero-order valence-corrected chi connectivity index (χ0v) is 15.6. The number of amides is 1. The molecule has 2 aromatic heterocycles. The summed E-state index contributed by atoms with van der Waals surface area (Å²) in [5.74, 6) is -1.16. The zero-order valence-electron chi connectivity index (χ0n) is 13.2. The lowest BCUT2D eigenvalue weighted by Gasteiger charge is -2.04. The van der Waals surface area contributed by atoms with Gasteiger partial charge >= 0.3 is 11.0 Å². The molecule has 0 N–H and O–H groups in total. The van der Waals surface area contributed by atoms with Gasteiger partial charge < -0.3 is 9.30 Å². The van der Waals surface area contributed by atoms with Gasteiger partial charge in [-0.3, -0.25) is 19.7 Å². The number of fused-ring (bicyclic) bond motifs is 1. The first kappa shape index (κ1) is 18.2. The van der Waals surface area contributed by atoms with Gasteiger partial charge in [-0.15, -0.1) is 0 Å². The molecule has 0 aliphatic heterocycles. The Bertz CT molecular complexity index is 1100. The van der Waals surface area contributed by atoms with Crippen molar-refractivity contribution in [2.24, 2.45) is 4.99 Å². The summed E-state index contributed by atoms with van der Waals surface area (Å²) in [4.78, 5) is 38.7. The minimum absolute atomic E-state index is 0.130. The molecule has 0 aliphatic rings. The van der Waals surface area contributed by atoms with Gasteiger partial charge in [-0.2, -0.15) is 4.99 Å². The third-order valence-electron chi connectivity index (χ3n) is 3.35.